The highest BCUT2D eigenvalue weighted by Gasteiger charge is 2.12. The normalized spacial score (nSPS) is 13.7. The Kier molecular flexibility index (Phi) is 6.04. The number of nitrogens with two attached hydrogens (primary N) is 1. The van der Waals surface area contributed by atoms with Gasteiger partial charge in [-0.05, 0) is 42.5 Å². The lowest BCUT2D eigenvalue weighted by Gasteiger charge is -2.20. The Labute approximate surface area is 118 Å². The number of hydrogen-bond acceptors (Lipinski definition) is 2. The van der Waals surface area contributed by atoms with Gasteiger partial charge in [0, 0.05) is 21.2 Å². The molecule has 0 fully saturated rings. The number of rotatable bonds is 5. The highest BCUT2D eigenvalue weighted by molar-refractivity contribution is 9.10. The molecule has 0 heterocycles. The second kappa shape index (κ2) is 6.81. The number of halogens is 1. The molecule has 0 spiro atoms. The molecule has 0 aromatic heterocycles. The first-order valence-electron chi connectivity index (χ1n) is 6.01. The number of hydrogen-bond donors (Lipinski definition) is 1. The van der Waals surface area contributed by atoms with E-state index in [0.717, 1.165) is 16.6 Å². The first-order valence-corrected chi connectivity index (χ1v) is 7.79. The van der Waals surface area contributed by atoms with Gasteiger partial charge in [-0.3, -0.25) is 0 Å². The van der Waals surface area contributed by atoms with Crippen LogP contribution in [0.15, 0.2) is 33.6 Å². The quantitative estimate of drug-likeness (QED) is 0.797. The van der Waals surface area contributed by atoms with Crippen molar-refractivity contribution in [1.29, 1.82) is 0 Å². The molecule has 0 aliphatic heterocycles. The molecule has 1 aromatic rings. The minimum Gasteiger partial charge on any atom is -0.327 e. The molecule has 1 rings (SSSR count). The Balaban J connectivity index is 2.28. The van der Waals surface area contributed by atoms with Gasteiger partial charge >= 0.3 is 0 Å². The largest absolute Gasteiger partial charge is 0.327 e. The predicted molar refractivity (Wildman–Crippen MR) is 81.5 cm³/mol. The maximum Gasteiger partial charge on any atom is 0.0176 e. The number of benzene rings is 1. The van der Waals surface area contributed by atoms with Gasteiger partial charge in [0.2, 0.25) is 0 Å². The second-order valence-corrected chi connectivity index (χ2v) is 7.63. The molecule has 3 heteroatoms. The molecule has 0 radical (unpaired) electrons. The van der Waals surface area contributed by atoms with Crippen LogP contribution in [0.2, 0.25) is 0 Å². The predicted octanol–water partition coefficient (Wildman–Crippen LogP) is 4.69. The number of thioether (sulfide) groups is 1. The molecule has 1 atom stereocenters. The molecule has 0 bridgehead atoms. The summed E-state index contributed by atoms with van der Waals surface area (Å²) < 4.78 is 1.12. The molecule has 0 aliphatic carbocycles. The summed E-state index contributed by atoms with van der Waals surface area (Å²) in [7, 11) is 0. The molecule has 1 nitrogen and oxygen atoms in total. The standard InChI is InChI=1S/C14H22BrNS/c1-14(2,3)9-8-12(16)10-17-13-6-4-11(15)5-7-13/h4-7,12H,8-10,16H2,1-3H3. The van der Waals surface area contributed by atoms with E-state index in [9.17, 15) is 0 Å². The first kappa shape index (κ1) is 15.1. The van der Waals surface area contributed by atoms with E-state index in [-0.39, 0.29) is 0 Å². The van der Waals surface area contributed by atoms with Crippen molar-refractivity contribution in [2.24, 2.45) is 11.1 Å². The molecular weight excluding hydrogens is 294 g/mol. The minimum atomic E-state index is 0.294. The van der Waals surface area contributed by atoms with Crippen molar-refractivity contribution in [2.75, 3.05) is 5.75 Å². The topological polar surface area (TPSA) is 26.0 Å². The molecule has 2 N–H and O–H groups in total. The van der Waals surface area contributed by atoms with Crippen molar-refractivity contribution in [3.05, 3.63) is 28.7 Å². The van der Waals surface area contributed by atoms with Crippen LogP contribution in [0.1, 0.15) is 33.6 Å². The van der Waals surface area contributed by atoms with Crippen molar-refractivity contribution in [2.45, 2.75) is 44.6 Å². The van der Waals surface area contributed by atoms with Gasteiger partial charge in [0.15, 0.2) is 0 Å². The van der Waals surface area contributed by atoms with E-state index >= 15 is 0 Å². The van der Waals surface area contributed by atoms with E-state index in [1.165, 1.54) is 11.3 Å². The van der Waals surface area contributed by atoms with Crippen LogP contribution in [0.4, 0.5) is 0 Å². The highest BCUT2D eigenvalue weighted by atomic mass is 79.9. The molecule has 1 aromatic carbocycles. The lowest BCUT2D eigenvalue weighted by atomic mass is 9.89. The fourth-order valence-electron chi connectivity index (χ4n) is 1.44. The Morgan fingerprint density at radius 2 is 1.82 bits per heavy atom. The molecule has 96 valence electrons. The maximum absolute atomic E-state index is 6.13. The molecule has 0 amide bonds. The van der Waals surface area contributed by atoms with E-state index in [1.54, 1.807) is 0 Å². The van der Waals surface area contributed by atoms with E-state index < -0.39 is 0 Å². The third-order valence-corrected chi connectivity index (χ3v) is 4.27. The van der Waals surface area contributed by atoms with Crippen LogP contribution in [-0.2, 0) is 0 Å². The van der Waals surface area contributed by atoms with Crippen LogP contribution in [0.3, 0.4) is 0 Å². The molecule has 1 unspecified atom stereocenters. The fraction of sp³-hybridized carbons (Fsp3) is 0.571. The van der Waals surface area contributed by atoms with Gasteiger partial charge in [-0.25, -0.2) is 0 Å². The van der Waals surface area contributed by atoms with Gasteiger partial charge in [0.25, 0.3) is 0 Å². The van der Waals surface area contributed by atoms with Crippen LogP contribution in [0.25, 0.3) is 0 Å². The lowest BCUT2D eigenvalue weighted by molar-refractivity contribution is 0.353. The summed E-state index contributed by atoms with van der Waals surface area (Å²) in [6.07, 6.45) is 2.29. The average molecular weight is 316 g/mol. The van der Waals surface area contributed by atoms with Crippen LogP contribution >= 0.6 is 27.7 Å². The summed E-state index contributed by atoms with van der Waals surface area (Å²) in [4.78, 5) is 1.29. The lowest BCUT2D eigenvalue weighted by Crippen LogP contribution is -2.24. The monoisotopic (exact) mass is 315 g/mol. The third kappa shape index (κ3) is 7.12. The van der Waals surface area contributed by atoms with E-state index in [0.29, 0.717) is 11.5 Å². The Bertz CT molecular complexity index is 329. The van der Waals surface area contributed by atoms with Crippen molar-refractivity contribution in [3.8, 4) is 0 Å². The van der Waals surface area contributed by atoms with Gasteiger partial charge < -0.3 is 5.73 Å². The molecule has 17 heavy (non-hydrogen) atoms. The van der Waals surface area contributed by atoms with E-state index in [2.05, 4.69) is 61.0 Å². The fourth-order valence-corrected chi connectivity index (χ4v) is 2.60. The van der Waals surface area contributed by atoms with Crippen LogP contribution in [0, 0.1) is 5.41 Å². The Morgan fingerprint density at radius 1 is 1.24 bits per heavy atom. The molecule has 0 saturated heterocycles. The minimum absolute atomic E-state index is 0.294. The van der Waals surface area contributed by atoms with Crippen molar-refractivity contribution in [3.63, 3.8) is 0 Å². The SMILES string of the molecule is CC(C)(C)CCC(N)CSc1ccc(Br)cc1. The molecular formula is C14H22BrNS. The highest BCUT2D eigenvalue weighted by Crippen LogP contribution is 2.24. The zero-order chi connectivity index (χ0) is 12.9. The summed E-state index contributed by atoms with van der Waals surface area (Å²) >= 11 is 5.28. The average Bonchev–Trinajstić information content (AvgIpc) is 2.25. The summed E-state index contributed by atoms with van der Waals surface area (Å²) in [5.41, 5.74) is 6.52. The summed E-state index contributed by atoms with van der Waals surface area (Å²) in [5, 5.41) is 0. The summed E-state index contributed by atoms with van der Waals surface area (Å²) in [6, 6.07) is 8.70. The van der Waals surface area contributed by atoms with Crippen molar-refractivity contribution in [1.82, 2.24) is 0 Å². The van der Waals surface area contributed by atoms with Crippen molar-refractivity contribution >= 4 is 27.7 Å². The summed E-state index contributed by atoms with van der Waals surface area (Å²) in [6.45, 7) is 6.80. The smallest absolute Gasteiger partial charge is 0.0176 e. The van der Waals surface area contributed by atoms with Gasteiger partial charge in [0.1, 0.15) is 0 Å². The van der Waals surface area contributed by atoms with Gasteiger partial charge in [-0.2, -0.15) is 0 Å². The second-order valence-electron chi connectivity index (χ2n) is 5.62. The Hall–Kier alpha value is 0.01000. The molecule has 0 saturated carbocycles. The third-order valence-electron chi connectivity index (χ3n) is 2.54. The van der Waals surface area contributed by atoms with Gasteiger partial charge in [-0.1, -0.05) is 36.7 Å². The van der Waals surface area contributed by atoms with Crippen molar-refractivity contribution < 1.29 is 0 Å². The molecule has 0 aliphatic rings. The first-order chi connectivity index (χ1) is 7.87. The van der Waals surface area contributed by atoms with E-state index in [4.69, 9.17) is 5.73 Å². The van der Waals surface area contributed by atoms with Gasteiger partial charge in [0.05, 0.1) is 0 Å². The van der Waals surface area contributed by atoms with Crippen LogP contribution in [-0.4, -0.2) is 11.8 Å². The van der Waals surface area contributed by atoms with Crippen LogP contribution < -0.4 is 5.73 Å². The van der Waals surface area contributed by atoms with E-state index in [1.807, 2.05) is 11.8 Å². The summed E-state index contributed by atoms with van der Waals surface area (Å²) in [5.74, 6) is 0.998. The Morgan fingerprint density at radius 3 is 2.35 bits per heavy atom. The zero-order valence-electron chi connectivity index (χ0n) is 10.9. The maximum atomic E-state index is 6.13. The zero-order valence-corrected chi connectivity index (χ0v) is 13.3. The van der Waals surface area contributed by atoms with Crippen LogP contribution in [0.5, 0.6) is 0 Å². The van der Waals surface area contributed by atoms with Gasteiger partial charge in [-0.15, -0.1) is 11.8 Å².